The van der Waals surface area contributed by atoms with E-state index in [4.69, 9.17) is 0 Å². The molecule has 1 amide bonds. The van der Waals surface area contributed by atoms with Crippen LogP contribution in [0.15, 0.2) is 64.2 Å². The molecule has 0 spiro atoms. The largest absolute Gasteiger partial charge is 0.315 e. The first-order chi connectivity index (χ1) is 10.6. The normalized spacial score (nSPS) is 21.1. The number of hydroxylamine groups is 1. The fourth-order valence-corrected chi connectivity index (χ4v) is 2.62. The summed E-state index contributed by atoms with van der Waals surface area (Å²) in [5.41, 5.74) is 2.73. The number of rotatable bonds is 3. The van der Waals surface area contributed by atoms with Gasteiger partial charge in [0, 0.05) is 10.0 Å². The van der Waals surface area contributed by atoms with Crippen molar-refractivity contribution < 1.29 is 10.0 Å². The molecule has 0 saturated heterocycles. The fourth-order valence-electron chi connectivity index (χ4n) is 2.36. The fraction of sp³-hybridized carbons (Fsp3) is 0.125. The van der Waals surface area contributed by atoms with E-state index in [0.717, 1.165) is 10.0 Å². The van der Waals surface area contributed by atoms with Crippen molar-refractivity contribution in [2.75, 3.05) is 5.01 Å². The molecule has 3 rings (SSSR count). The summed E-state index contributed by atoms with van der Waals surface area (Å²) in [6.45, 7) is 1.61. The summed E-state index contributed by atoms with van der Waals surface area (Å²) >= 11 is 3.36. The summed E-state index contributed by atoms with van der Waals surface area (Å²) in [7, 11) is 0. The van der Waals surface area contributed by atoms with E-state index < -0.39 is 5.54 Å². The Kier molecular flexibility index (Phi) is 3.82. The lowest BCUT2D eigenvalue weighted by Crippen LogP contribution is -2.54. The second-order valence-corrected chi connectivity index (χ2v) is 6.06. The van der Waals surface area contributed by atoms with Crippen LogP contribution in [0.25, 0.3) is 0 Å². The molecule has 5 nitrogen and oxygen atoms in total. The van der Waals surface area contributed by atoms with Gasteiger partial charge in [-0.2, -0.15) is 15.6 Å². The van der Waals surface area contributed by atoms with Gasteiger partial charge in [0.25, 0.3) is 5.91 Å². The molecule has 1 aliphatic heterocycles. The number of hydrogen-bond acceptors (Lipinski definition) is 4. The zero-order chi connectivity index (χ0) is 15.7. The van der Waals surface area contributed by atoms with Gasteiger partial charge in [0.15, 0.2) is 5.54 Å². The second kappa shape index (κ2) is 5.64. The van der Waals surface area contributed by atoms with Crippen molar-refractivity contribution in [3.63, 3.8) is 0 Å². The van der Waals surface area contributed by atoms with Crippen molar-refractivity contribution in [1.29, 1.82) is 0 Å². The van der Waals surface area contributed by atoms with Crippen LogP contribution in [-0.4, -0.2) is 22.4 Å². The summed E-state index contributed by atoms with van der Waals surface area (Å²) in [4.78, 5) is 12.7. The molecule has 2 N–H and O–H groups in total. The third kappa shape index (κ3) is 2.35. The van der Waals surface area contributed by atoms with Crippen molar-refractivity contribution in [2.24, 2.45) is 5.10 Å². The highest BCUT2D eigenvalue weighted by atomic mass is 79.9. The number of nitrogens with zero attached hydrogens (tertiary/aromatic N) is 2. The Morgan fingerprint density at radius 3 is 2.36 bits per heavy atom. The van der Waals surface area contributed by atoms with Crippen molar-refractivity contribution in [3.05, 3.63) is 64.6 Å². The zero-order valence-electron chi connectivity index (χ0n) is 11.8. The molecule has 22 heavy (non-hydrogen) atoms. The topological polar surface area (TPSA) is 64.9 Å². The van der Waals surface area contributed by atoms with Gasteiger partial charge < -0.3 is 5.21 Å². The van der Waals surface area contributed by atoms with Gasteiger partial charge in [0.2, 0.25) is 0 Å². The Balaban J connectivity index is 2.08. The van der Waals surface area contributed by atoms with E-state index in [1.807, 2.05) is 42.5 Å². The van der Waals surface area contributed by atoms with E-state index in [2.05, 4.69) is 26.5 Å². The van der Waals surface area contributed by atoms with Crippen molar-refractivity contribution >= 4 is 33.2 Å². The highest BCUT2D eigenvalue weighted by molar-refractivity contribution is 9.10. The maximum Gasteiger partial charge on any atom is 0.275 e. The summed E-state index contributed by atoms with van der Waals surface area (Å²) in [6.07, 6.45) is 0. The van der Waals surface area contributed by atoms with E-state index in [1.54, 1.807) is 19.1 Å². The van der Waals surface area contributed by atoms with Crippen LogP contribution in [0.1, 0.15) is 12.5 Å². The number of halogens is 1. The standard InChI is InChI=1S/C16H14BrN3O2/c1-16(19-22)14(11-5-3-2-4-6-11)18-20(15(16)21)13-9-7-12(17)8-10-13/h2-10,19,22H,1H3. The molecule has 0 bridgehead atoms. The number of carbonyl (C=O) groups is 1. The first kappa shape index (κ1) is 14.9. The number of hydrogen-bond donors (Lipinski definition) is 2. The minimum absolute atomic E-state index is 0.337. The first-order valence-corrected chi connectivity index (χ1v) is 7.51. The molecule has 2 aromatic rings. The molecule has 1 aliphatic rings. The first-order valence-electron chi connectivity index (χ1n) is 6.72. The smallest absolute Gasteiger partial charge is 0.275 e. The van der Waals surface area contributed by atoms with Crippen LogP contribution in [0.5, 0.6) is 0 Å². The summed E-state index contributed by atoms with van der Waals surface area (Å²) in [5.74, 6) is -0.337. The molecule has 0 fully saturated rings. The molecule has 112 valence electrons. The van der Waals surface area contributed by atoms with Gasteiger partial charge in [0.1, 0.15) is 5.71 Å². The maximum absolute atomic E-state index is 12.7. The van der Waals surface area contributed by atoms with Gasteiger partial charge in [-0.3, -0.25) is 4.79 Å². The molecule has 0 aliphatic carbocycles. The Bertz CT molecular complexity index is 731. The average molecular weight is 360 g/mol. The molecule has 0 aromatic heterocycles. The Morgan fingerprint density at radius 2 is 1.77 bits per heavy atom. The van der Waals surface area contributed by atoms with Crippen LogP contribution in [-0.2, 0) is 4.79 Å². The molecule has 0 radical (unpaired) electrons. The predicted octanol–water partition coefficient (Wildman–Crippen LogP) is 2.94. The second-order valence-electron chi connectivity index (χ2n) is 5.14. The lowest BCUT2D eigenvalue weighted by molar-refractivity contribution is -0.124. The van der Waals surface area contributed by atoms with Crippen LogP contribution < -0.4 is 10.5 Å². The number of hydrazone groups is 1. The Morgan fingerprint density at radius 1 is 1.14 bits per heavy atom. The van der Waals surface area contributed by atoms with E-state index in [1.165, 1.54) is 5.01 Å². The Hall–Kier alpha value is -2.02. The van der Waals surface area contributed by atoms with Crippen molar-refractivity contribution in [3.8, 4) is 0 Å². The van der Waals surface area contributed by atoms with Gasteiger partial charge in [-0.1, -0.05) is 46.3 Å². The van der Waals surface area contributed by atoms with Crippen LogP contribution in [0.3, 0.4) is 0 Å². The minimum Gasteiger partial charge on any atom is -0.315 e. The van der Waals surface area contributed by atoms with Gasteiger partial charge in [-0.25, -0.2) is 0 Å². The van der Waals surface area contributed by atoms with Crippen LogP contribution in [0, 0.1) is 0 Å². The summed E-state index contributed by atoms with van der Waals surface area (Å²) in [5, 5.41) is 15.3. The predicted molar refractivity (Wildman–Crippen MR) is 87.9 cm³/mol. The SMILES string of the molecule is CC1(NO)C(=O)N(c2ccc(Br)cc2)N=C1c1ccccc1. The van der Waals surface area contributed by atoms with Crippen molar-refractivity contribution in [2.45, 2.75) is 12.5 Å². The third-order valence-electron chi connectivity index (χ3n) is 3.64. The third-order valence-corrected chi connectivity index (χ3v) is 4.16. The lowest BCUT2D eigenvalue weighted by Gasteiger charge is -2.22. The van der Waals surface area contributed by atoms with Gasteiger partial charge in [0.05, 0.1) is 5.69 Å². The number of nitrogens with one attached hydrogen (secondary N) is 1. The summed E-state index contributed by atoms with van der Waals surface area (Å²) in [6, 6.07) is 16.6. The molecule has 0 saturated carbocycles. The number of benzene rings is 2. The van der Waals surface area contributed by atoms with E-state index in [9.17, 15) is 10.0 Å². The van der Waals surface area contributed by atoms with E-state index in [-0.39, 0.29) is 5.91 Å². The van der Waals surface area contributed by atoms with Crippen molar-refractivity contribution in [1.82, 2.24) is 5.48 Å². The number of anilines is 1. The van der Waals surface area contributed by atoms with Crippen LogP contribution in [0.4, 0.5) is 5.69 Å². The van der Waals surface area contributed by atoms with E-state index in [0.29, 0.717) is 11.4 Å². The quantitative estimate of drug-likeness (QED) is 0.828. The molecule has 1 atom stereocenters. The maximum atomic E-state index is 12.7. The molecular formula is C16H14BrN3O2. The molecule has 2 aromatic carbocycles. The highest BCUT2D eigenvalue weighted by Crippen LogP contribution is 2.29. The van der Waals surface area contributed by atoms with Crippen LogP contribution in [0.2, 0.25) is 0 Å². The van der Waals surface area contributed by atoms with E-state index >= 15 is 0 Å². The highest BCUT2D eigenvalue weighted by Gasteiger charge is 2.48. The van der Waals surface area contributed by atoms with Gasteiger partial charge in [-0.15, -0.1) is 0 Å². The van der Waals surface area contributed by atoms with Gasteiger partial charge in [-0.05, 0) is 31.2 Å². The molecular weight excluding hydrogens is 346 g/mol. The number of amides is 1. The molecule has 1 unspecified atom stereocenters. The summed E-state index contributed by atoms with van der Waals surface area (Å²) < 4.78 is 0.915. The molecule has 6 heteroatoms. The minimum atomic E-state index is -1.28. The average Bonchev–Trinajstić information content (AvgIpc) is 2.82. The van der Waals surface area contributed by atoms with Gasteiger partial charge >= 0.3 is 0 Å². The lowest BCUT2D eigenvalue weighted by atomic mass is 9.91. The number of carbonyl (C=O) groups excluding carboxylic acids is 1. The molecule has 1 heterocycles. The van der Waals surface area contributed by atoms with Crippen LogP contribution >= 0.6 is 15.9 Å². The monoisotopic (exact) mass is 359 g/mol. The Labute approximate surface area is 136 Å². The zero-order valence-corrected chi connectivity index (χ0v) is 13.4.